The number of non-ortho nitro benzene ring substituents is 1. The van der Waals surface area contributed by atoms with Crippen molar-refractivity contribution in [2.75, 3.05) is 33.2 Å². The van der Waals surface area contributed by atoms with Gasteiger partial charge in [0.05, 0.1) is 15.7 Å². The average molecular weight is 396 g/mol. The lowest BCUT2D eigenvalue weighted by Gasteiger charge is -2.34. The van der Waals surface area contributed by atoms with Gasteiger partial charge in [-0.3, -0.25) is 14.9 Å². The molecule has 27 heavy (non-hydrogen) atoms. The smallest absolute Gasteiger partial charge is 0.269 e. The molecule has 0 radical (unpaired) electrons. The maximum atomic E-state index is 12.9. The molecule has 2 aliphatic heterocycles. The number of rotatable bonds is 5. The standard InChI is InChI=1S/C17H24N4O5S/c1-19(15-8-9-18-11-15)17(22)13-3-2-10-20(12-13)27(25,26)16-6-4-14(5-7-16)21(23)24/h4-7,13,15,18H,2-3,8-12H2,1H3. The molecule has 1 aromatic carbocycles. The zero-order valence-corrected chi connectivity index (χ0v) is 16.0. The maximum Gasteiger partial charge on any atom is 0.269 e. The third-order valence-electron chi connectivity index (χ3n) is 5.35. The molecule has 2 saturated heterocycles. The molecule has 10 heteroatoms. The van der Waals surface area contributed by atoms with Crippen LogP contribution in [0.15, 0.2) is 29.2 Å². The first-order valence-electron chi connectivity index (χ1n) is 9.02. The van der Waals surface area contributed by atoms with E-state index >= 15 is 0 Å². The van der Waals surface area contributed by atoms with Crippen molar-refractivity contribution in [3.05, 3.63) is 34.4 Å². The van der Waals surface area contributed by atoms with Gasteiger partial charge < -0.3 is 10.2 Å². The number of hydrogen-bond acceptors (Lipinski definition) is 6. The number of carbonyl (C=O) groups is 1. The number of benzene rings is 1. The summed E-state index contributed by atoms with van der Waals surface area (Å²) in [7, 11) is -2.01. The molecule has 1 amide bonds. The van der Waals surface area contributed by atoms with Crippen LogP contribution >= 0.6 is 0 Å². The minimum absolute atomic E-state index is 0.00884. The second-order valence-electron chi connectivity index (χ2n) is 7.05. The van der Waals surface area contributed by atoms with E-state index < -0.39 is 14.9 Å². The van der Waals surface area contributed by atoms with Gasteiger partial charge in [-0.2, -0.15) is 4.31 Å². The normalized spacial score (nSPS) is 23.9. The van der Waals surface area contributed by atoms with Crippen LogP contribution in [0.1, 0.15) is 19.3 Å². The Hall–Kier alpha value is -2.04. The van der Waals surface area contributed by atoms with Crippen molar-refractivity contribution < 1.29 is 18.1 Å². The highest BCUT2D eigenvalue weighted by molar-refractivity contribution is 7.89. The molecule has 3 rings (SSSR count). The lowest BCUT2D eigenvalue weighted by molar-refractivity contribution is -0.384. The molecule has 9 nitrogen and oxygen atoms in total. The summed E-state index contributed by atoms with van der Waals surface area (Å²) in [6, 6.07) is 5.00. The van der Waals surface area contributed by atoms with Crippen molar-refractivity contribution in [3.8, 4) is 0 Å². The van der Waals surface area contributed by atoms with Crippen LogP contribution in [0.5, 0.6) is 0 Å². The highest BCUT2D eigenvalue weighted by atomic mass is 32.2. The number of amides is 1. The van der Waals surface area contributed by atoms with E-state index in [1.807, 2.05) is 0 Å². The molecule has 0 aromatic heterocycles. The summed E-state index contributed by atoms with van der Waals surface area (Å²) in [6.45, 7) is 2.13. The number of nitrogens with one attached hydrogen (secondary N) is 1. The van der Waals surface area contributed by atoms with Gasteiger partial charge in [-0.15, -0.1) is 0 Å². The summed E-state index contributed by atoms with van der Waals surface area (Å²) in [4.78, 5) is 24.8. The Kier molecular flexibility index (Phi) is 5.78. The lowest BCUT2D eigenvalue weighted by Crippen LogP contribution is -2.48. The van der Waals surface area contributed by atoms with Crippen LogP contribution in [0.3, 0.4) is 0 Å². The van der Waals surface area contributed by atoms with Crippen molar-refractivity contribution in [2.24, 2.45) is 5.92 Å². The Bertz CT molecular complexity index is 805. The van der Waals surface area contributed by atoms with Gasteiger partial charge in [-0.25, -0.2) is 8.42 Å². The quantitative estimate of drug-likeness (QED) is 0.582. The van der Waals surface area contributed by atoms with Gasteiger partial charge in [-0.1, -0.05) is 0 Å². The molecule has 0 aliphatic carbocycles. The van der Waals surface area contributed by atoms with Gasteiger partial charge in [0.15, 0.2) is 0 Å². The number of nitro groups is 1. The summed E-state index contributed by atoms with van der Waals surface area (Å²) >= 11 is 0. The fourth-order valence-corrected chi connectivity index (χ4v) is 5.21. The van der Waals surface area contributed by atoms with E-state index in [4.69, 9.17) is 0 Å². The van der Waals surface area contributed by atoms with Gasteiger partial charge in [0.2, 0.25) is 15.9 Å². The molecule has 2 atom stereocenters. The minimum atomic E-state index is -3.79. The van der Waals surface area contributed by atoms with Crippen molar-refractivity contribution >= 4 is 21.6 Å². The molecular formula is C17H24N4O5S. The third-order valence-corrected chi connectivity index (χ3v) is 7.23. The van der Waals surface area contributed by atoms with Crippen LogP contribution < -0.4 is 5.32 Å². The zero-order valence-electron chi connectivity index (χ0n) is 15.2. The van der Waals surface area contributed by atoms with E-state index in [1.54, 1.807) is 11.9 Å². The molecule has 2 aliphatic rings. The SMILES string of the molecule is CN(C(=O)C1CCCN(S(=O)(=O)c2ccc([N+](=O)[O-])cc2)C1)C1CCNC1. The number of sulfonamides is 1. The third kappa shape index (κ3) is 4.12. The number of nitrogens with zero attached hydrogens (tertiary/aromatic N) is 3. The summed E-state index contributed by atoms with van der Waals surface area (Å²) in [6.07, 6.45) is 2.18. The Morgan fingerprint density at radius 1 is 1.30 bits per heavy atom. The van der Waals surface area contributed by atoms with E-state index in [-0.39, 0.29) is 35.0 Å². The predicted octanol–water partition coefficient (Wildman–Crippen LogP) is 0.816. The fourth-order valence-electron chi connectivity index (χ4n) is 3.69. The molecule has 2 unspecified atom stereocenters. The summed E-state index contributed by atoms with van der Waals surface area (Å²) < 4.78 is 27.1. The number of carbonyl (C=O) groups excluding carboxylic acids is 1. The number of nitro benzene ring substituents is 1. The van der Waals surface area contributed by atoms with Crippen molar-refractivity contribution in [3.63, 3.8) is 0 Å². The second-order valence-corrected chi connectivity index (χ2v) is 8.99. The molecule has 148 valence electrons. The van der Waals surface area contributed by atoms with Gasteiger partial charge in [0.25, 0.3) is 5.69 Å². The lowest BCUT2D eigenvalue weighted by atomic mass is 9.97. The molecule has 2 fully saturated rings. The first-order chi connectivity index (χ1) is 12.8. The molecule has 0 bridgehead atoms. The van der Waals surface area contributed by atoms with Gasteiger partial charge >= 0.3 is 0 Å². The summed E-state index contributed by atoms with van der Waals surface area (Å²) in [5.41, 5.74) is -0.160. The Labute approximate surface area is 158 Å². The number of hydrogen-bond donors (Lipinski definition) is 1. The van der Waals surface area contributed by atoms with Crippen molar-refractivity contribution in [1.82, 2.24) is 14.5 Å². The maximum absolute atomic E-state index is 12.9. The van der Waals surface area contributed by atoms with Gasteiger partial charge in [0, 0.05) is 44.9 Å². The first-order valence-corrected chi connectivity index (χ1v) is 10.5. The molecule has 0 saturated carbocycles. The summed E-state index contributed by atoms with van der Waals surface area (Å²) in [5.74, 6) is -0.385. The van der Waals surface area contributed by atoms with E-state index in [2.05, 4.69) is 5.32 Å². The van der Waals surface area contributed by atoms with Crippen molar-refractivity contribution in [1.29, 1.82) is 0 Å². The van der Waals surface area contributed by atoms with Crippen LogP contribution in [-0.4, -0.2) is 67.7 Å². The summed E-state index contributed by atoms with van der Waals surface area (Å²) in [5, 5.41) is 14.0. The van der Waals surface area contributed by atoms with Crippen molar-refractivity contribution in [2.45, 2.75) is 30.2 Å². The fraction of sp³-hybridized carbons (Fsp3) is 0.588. The zero-order chi connectivity index (χ0) is 19.6. The first kappa shape index (κ1) is 19.7. The van der Waals surface area contributed by atoms with E-state index in [0.717, 1.165) is 19.5 Å². The van der Waals surface area contributed by atoms with E-state index in [1.165, 1.54) is 28.6 Å². The second kappa shape index (κ2) is 7.91. The van der Waals surface area contributed by atoms with Crippen LogP contribution in [0.2, 0.25) is 0 Å². The molecule has 2 heterocycles. The van der Waals surface area contributed by atoms with Crippen LogP contribution in [0, 0.1) is 16.0 Å². The van der Waals surface area contributed by atoms with E-state index in [9.17, 15) is 23.3 Å². The molecule has 0 spiro atoms. The molecule has 1 N–H and O–H groups in total. The highest BCUT2D eigenvalue weighted by Crippen LogP contribution is 2.26. The van der Waals surface area contributed by atoms with E-state index in [0.29, 0.717) is 19.4 Å². The molecular weight excluding hydrogens is 372 g/mol. The largest absolute Gasteiger partial charge is 0.341 e. The minimum Gasteiger partial charge on any atom is -0.341 e. The number of likely N-dealkylation sites (N-methyl/N-ethyl adjacent to an activating group) is 1. The van der Waals surface area contributed by atoms with Gasteiger partial charge in [-0.05, 0) is 37.9 Å². The topological polar surface area (TPSA) is 113 Å². The predicted molar refractivity (Wildman–Crippen MR) is 98.6 cm³/mol. The Morgan fingerprint density at radius 2 is 2.00 bits per heavy atom. The van der Waals surface area contributed by atoms with Crippen LogP contribution in [0.4, 0.5) is 5.69 Å². The van der Waals surface area contributed by atoms with Gasteiger partial charge in [0.1, 0.15) is 0 Å². The average Bonchev–Trinajstić information content (AvgIpc) is 3.21. The van der Waals surface area contributed by atoms with Crippen LogP contribution in [0.25, 0.3) is 0 Å². The number of piperidine rings is 1. The monoisotopic (exact) mass is 396 g/mol. The molecule has 1 aromatic rings. The Balaban J connectivity index is 1.72. The highest BCUT2D eigenvalue weighted by Gasteiger charge is 2.36. The Morgan fingerprint density at radius 3 is 2.59 bits per heavy atom. The van der Waals surface area contributed by atoms with Crippen LogP contribution in [-0.2, 0) is 14.8 Å².